The summed E-state index contributed by atoms with van der Waals surface area (Å²) in [6.07, 6.45) is 0.668. The molecule has 0 N–H and O–H groups in total. The third-order valence-corrected chi connectivity index (χ3v) is 6.94. The number of carbonyl (C=O) groups excluding carboxylic acids is 3. The van der Waals surface area contributed by atoms with Crippen molar-refractivity contribution in [2.75, 3.05) is 13.2 Å². The fraction of sp³-hybridized carbons (Fsp3) is 0.100. The van der Waals surface area contributed by atoms with Gasteiger partial charge in [-0.2, -0.15) is 0 Å². The van der Waals surface area contributed by atoms with Gasteiger partial charge in [0.05, 0.1) is 13.2 Å². The normalized spacial score (nSPS) is 10.6. The highest BCUT2D eigenvalue weighted by atomic mass is 35.5. The molecule has 0 atom stereocenters. The molecule has 0 amide bonds. The molecule has 0 radical (unpaired) electrons. The molecule has 0 aliphatic rings. The Labute approximate surface area is 234 Å². The summed E-state index contributed by atoms with van der Waals surface area (Å²) in [6.45, 7) is 0.923. The molecule has 0 aromatic heterocycles. The summed E-state index contributed by atoms with van der Waals surface area (Å²) in [5, 5.41) is -1.22. The molecule has 0 fully saturated rings. The van der Waals surface area contributed by atoms with E-state index in [0.717, 1.165) is 4.90 Å². The van der Waals surface area contributed by atoms with E-state index in [2.05, 4.69) is 0 Å². The lowest BCUT2D eigenvalue weighted by atomic mass is 10.0. The van der Waals surface area contributed by atoms with Crippen LogP contribution in [0.15, 0.2) is 107 Å². The van der Waals surface area contributed by atoms with Crippen molar-refractivity contribution in [1.29, 1.82) is 0 Å². The first-order valence-electron chi connectivity index (χ1n) is 11.7. The molecule has 0 bridgehead atoms. The maximum absolute atomic E-state index is 12.5. The molecule has 0 saturated heterocycles. The molecular weight excluding hydrogens is 543 g/mol. The minimum atomic E-state index is -0.611. The quantitative estimate of drug-likeness (QED) is 0.0998. The first kappa shape index (κ1) is 27.5. The predicted octanol–water partition coefficient (Wildman–Crippen LogP) is 7.67. The Kier molecular flexibility index (Phi) is 9.60. The lowest BCUT2D eigenvalue weighted by Crippen LogP contribution is -2.05. The summed E-state index contributed by atoms with van der Waals surface area (Å²) < 4.78 is 11.6. The van der Waals surface area contributed by atoms with E-state index in [9.17, 15) is 14.4 Å². The molecule has 0 unspecified atom stereocenters. The Bertz CT molecular complexity index is 1420. The van der Waals surface area contributed by atoms with Gasteiger partial charge in [-0.25, -0.2) is 0 Å². The molecule has 4 rings (SSSR count). The summed E-state index contributed by atoms with van der Waals surface area (Å²) in [4.78, 5) is 37.1. The highest BCUT2D eigenvalue weighted by Gasteiger charge is 2.14. The summed E-state index contributed by atoms with van der Waals surface area (Å²) in [5.74, 6) is 1.35. The van der Waals surface area contributed by atoms with Gasteiger partial charge in [-0.1, -0.05) is 42.1 Å². The molecular formula is C30H22Cl2O5S. The van der Waals surface area contributed by atoms with Crippen molar-refractivity contribution < 1.29 is 23.9 Å². The second-order valence-electron chi connectivity index (χ2n) is 8.10. The van der Waals surface area contributed by atoms with Gasteiger partial charge in [0.25, 0.3) is 10.5 Å². The molecule has 0 aliphatic carbocycles. The van der Waals surface area contributed by atoms with Crippen molar-refractivity contribution in [1.82, 2.24) is 0 Å². The zero-order valence-electron chi connectivity index (χ0n) is 20.1. The lowest BCUT2D eigenvalue weighted by molar-refractivity contribution is 0.103. The monoisotopic (exact) mass is 564 g/mol. The summed E-state index contributed by atoms with van der Waals surface area (Å²) in [6, 6.07) is 28.1. The minimum Gasteiger partial charge on any atom is -0.493 e. The molecule has 4 aromatic carbocycles. The maximum Gasteiger partial charge on any atom is 0.253 e. The third kappa shape index (κ3) is 7.48. The number of hydrogen-bond donors (Lipinski definition) is 0. The minimum absolute atomic E-state index is 0.0261. The van der Waals surface area contributed by atoms with Gasteiger partial charge < -0.3 is 9.47 Å². The fourth-order valence-corrected chi connectivity index (χ4v) is 4.84. The third-order valence-electron chi connectivity index (χ3n) is 5.45. The average Bonchev–Trinajstić information content (AvgIpc) is 2.94. The molecule has 5 nitrogen and oxygen atoms in total. The SMILES string of the molecule is O=C(Cl)c1ccc(C(=O)Cl)c(Sc2ccc(OCCCOc3ccc(C(=O)c4ccccc4)cc3)cc2)c1. The fourth-order valence-electron chi connectivity index (χ4n) is 3.52. The predicted molar refractivity (Wildman–Crippen MR) is 149 cm³/mol. The molecule has 0 aliphatic heterocycles. The molecule has 8 heteroatoms. The molecule has 38 heavy (non-hydrogen) atoms. The van der Waals surface area contributed by atoms with Crippen molar-refractivity contribution in [2.24, 2.45) is 0 Å². The Morgan fingerprint density at radius 1 is 0.632 bits per heavy atom. The number of carbonyl (C=O) groups is 3. The van der Waals surface area contributed by atoms with Gasteiger partial charge in [0.1, 0.15) is 11.5 Å². The lowest BCUT2D eigenvalue weighted by Gasteiger charge is -2.10. The van der Waals surface area contributed by atoms with Gasteiger partial charge in [0.2, 0.25) is 0 Å². The van der Waals surface area contributed by atoms with Crippen LogP contribution in [0.2, 0.25) is 0 Å². The molecule has 192 valence electrons. The maximum atomic E-state index is 12.5. The Balaban J connectivity index is 1.23. The van der Waals surface area contributed by atoms with E-state index in [1.54, 1.807) is 42.5 Å². The van der Waals surface area contributed by atoms with Gasteiger partial charge in [-0.3, -0.25) is 14.4 Å². The second-order valence-corrected chi connectivity index (χ2v) is 9.90. The van der Waals surface area contributed by atoms with Gasteiger partial charge in [-0.05, 0) is 89.9 Å². The number of ether oxygens (including phenoxy) is 2. The summed E-state index contributed by atoms with van der Waals surface area (Å²) >= 11 is 12.6. The van der Waals surface area contributed by atoms with E-state index in [-0.39, 0.29) is 11.3 Å². The van der Waals surface area contributed by atoms with E-state index in [1.807, 2.05) is 42.5 Å². The zero-order chi connectivity index (χ0) is 26.9. The van der Waals surface area contributed by atoms with Crippen LogP contribution in [0.3, 0.4) is 0 Å². The average molecular weight is 565 g/mol. The standard InChI is InChI=1S/C30H22Cl2O5S/c31-29(34)22-9-16-26(30(32)35)27(19-22)38-25-14-12-24(13-15-25)37-18-4-17-36-23-10-7-21(8-11-23)28(33)20-5-2-1-3-6-20/h1-3,5-16,19H,4,17-18H2. The smallest absolute Gasteiger partial charge is 0.253 e. The van der Waals surface area contributed by atoms with Crippen molar-refractivity contribution in [2.45, 2.75) is 16.2 Å². The van der Waals surface area contributed by atoms with Crippen molar-refractivity contribution >= 4 is 51.2 Å². The van der Waals surface area contributed by atoms with Crippen LogP contribution in [-0.2, 0) is 0 Å². The van der Waals surface area contributed by atoms with E-state index in [4.69, 9.17) is 32.7 Å². The summed E-state index contributed by atoms with van der Waals surface area (Å²) in [7, 11) is 0. The van der Waals surface area contributed by atoms with Crippen LogP contribution < -0.4 is 9.47 Å². The van der Waals surface area contributed by atoms with Gasteiger partial charge in [0, 0.05) is 38.5 Å². The largest absolute Gasteiger partial charge is 0.493 e. The Morgan fingerprint density at radius 2 is 1.18 bits per heavy atom. The molecule has 0 heterocycles. The van der Waals surface area contributed by atoms with Gasteiger partial charge in [-0.15, -0.1) is 0 Å². The Morgan fingerprint density at radius 3 is 1.76 bits per heavy atom. The van der Waals surface area contributed by atoms with E-state index in [0.29, 0.717) is 52.7 Å². The Hall–Kier alpha value is -3.58. The molecule has 0 spiro atoms. The first-order valence-corrected chi connectivity index (χ1v) is 13.2. The van der Waals surface area contributed by atoms with Crippen LogP contribution in [0.1, 0.15) is 43.1 Å². The zero-order valence-corrected chi connectivity index (χ0v) is 22.4. The van der Waals surface area contributed by atoms with Crippen LogP contribution in [-0.4, -0.2) is 29.5 Å². The number of ketones is 1. The highest BCUT2D eigenvalue weighted by molar-refractivity contribution is 7.99. The van der Waals surface area contributed by atoms with Crippen LogP contribution in [0, 0.1) is 0 Å². The number of rotatable bonds is 12. The van der Waals surface area contributed by atoms with Crippen LogP contribution in [0.4, 0.5) is 0 Å². The van der Waals surface area contributed by atoms with Crippen molar-refractivity contribution in [3.05, 3.63) is 119 Å². The van der Waals surface area contributed by atoms with Gasteiger partial charge >= 0.3 is 0 Å². The van der Waals surface area contributed by atoms with E-state index < -0.39 is 10.5 Å². The number of benzene rings is 4. The summed E-state index contributed by atoms with van der Waals surface area (Å²) in [5.41, 5.74) is 1.85. The molecule has 4 aromatic rings. The second kappa shape index (κ2) is 13.3. The topological polar surface area (TPSA) is 69.7 Å². The first-order chi connectivity index (χ1) is 18.4. The highest BCUT2D eigenvalue weighted by Crippen LogP contribution is 2.33. The number of hydrogen-bond acceptors (Lipinski definition) is 6. The van der Waals surface area contributed by atoms with Gasteiger partial charge in [0.15, 0.2) is 5.78 Å². The van der Waals surface area contributed by atoms with Crippen LogP contribution in [0.25, 0.3) is 0 Å². The number of halogens is 2. The van der Waals surface area contributed by atoms with Crippen LogP contribution in [0.5, 0.6) is 11.5 Å². The van der Waals surface area contributed by atoms with E-state index >= 15 is 0 Å². The van der Waals surface area contributed by atoms with E-state index in [1.165, 1.54) is 23.9 Å². The molecule has 0 saturated carbocycles. The van der Waals surface area contributed by atoms with Crippen molar-refractivity contribution in [3.63, 3.8) is 0 Å². The van der Waals surface area contributed by atoms with Crippen molar-refractivity contribution in [3.8, 4) is 11.5 Å². The van der Waals surface area contributed by atoms with Crippen LogP contribution >= 0.6 is 35.0 Å².